The molecule has 0 aromatic heterocycles. The van der Waals surface area contributed by atoms with Crippen LogP contribution < -0.4 is 5.32 Å². The molecule has 3 rings (SSSR count). The number of rotatable bonds is 7. The van der Waals surface area contributed by atoms with Crippen molar-refractivity contribution in [1.82, 2.24) is 0 Å². The summed E-state index contributed by atoms with van der Waals surface area (Å²) < 4.78 is 6.10. The van der Waals surface area contributed by atoms with E-state index in [1.54, 1.807) is 35.7 Å². The highest BCUT2D eigenvalue weighted by atomic mass is 35.5. The van der Waals surface area contributed by atoms with Crippen LogP contribution in [0.4, 0.5) is 11.4 Å². The highest BCUT2D eigenvalue weighted by Gasteiger charge is 2.19. The number of nitrogens with one attached hydrogen (secondary N) is 1. The maximum absolute atomic E-state index is 12.5. The summed E-state index contributed by atoms with van der Waals surface area (Å²) >= 11 is 8.99. The monoisotopic (exact) mass is 465 g/mol. The van der Waals surface area contributed by atoms with Gasteiger partial charge < -0.3 is 10.1 Å². The first-order chi connectivity index (χ1) is 14.4. The smallest absolute Gasteiger partial charge is 0.338 e. The first-order valence-corrected chi connectivity index (χ1v) is 11.1. The van der Waals surface area contributed by atoms with Gasteiger partial charge in [0.2, 0.25) is 0 Å². The zero-order valence-electron chi connectivity index (χ0n) is 15.5. The lowest BCUT2D eigenvalue weighted by Crippen LogP contribution is -2.21. The molecule has 1 amide bonds. The van der Waals surface area contributed by atoms with Gasteiger partial charge in [0.05, 0.1) is 17.0 Å². The van der Waals surface area contributed by atoms with Crippen LogP contribution in [0.5, 0.6) is 0 Å². The average Bonchev–Trinajstić information content (AvgIpc) is 3.25. The largest absolute Gasteiger partial charge is 0.452 e. The van der Waals surface area contributed by atoms with Crippen molar-refractivity contribution in [3.63, 3.8) is 0 Å². The summed E-state index contributed by atoms with van der Waals surface area (Å²) in [5.41, 5.74) is 0.754. The quantitative estimate of drug-likeness (QED) is 0.367. The first-order valence-electron chi connectivity index (χ1n) is 8.73. The molecule has 0 atom stereocenters. The van der Waals surface area contributed by atoms with Crippen LogP contribution in [0, 0.1) is 10.1 Å². The van der Waals surface area contributed by atoms with E-state index in [0.29, 0.717) is 11.3 Å². The van der Waals surface area contributed by atoms with Crippen molar-refractivity contribution >= 4 is 62.8 Å². The maximum Gasteiger partial charge on any atom is 0.338 e. The number of thioether (sulfide) groups is 2. The Morgan fingerprint density at radius 1 is 1.30 bits per heavy atom. The van der Waals surface area contributed by atoms with Crippen molar-refractivity contribution in [2.24, 2.45) is 4.99 Å². The molecule has 0 aliphatic carbocycles. The van der Waals surface area contributed by atoms with Gasteiger partial charge in [-0.3, -0.25) is 19.9 Å². The molecule has 1 heterocycles. The third-order valence-corrected chi connectivity index (χ3v) is 6.45. The summed E-state index contributed by atoms with van der Waals surface area (Å²) in [6.07, 6.45) is 0. The lowest BCUT2D eigenvalue weighted by molar-refractivity contribution is -0.383. The molecule has 2 aromatic rings. The molecule has 11 heteroatoms. The number of anilines is 1. The summed E-state index contributed by atoms with van der Waals surface area (Å²) in [4.78, 5) is 39.4. The second kappa shape index (κ2) is 10.5. The lowest BCUT2D eigenvalue weighted by Gasteiger charge is -2.10. The van der Waals surface area contributed by atoms with Gasteiger partial charge in [-0.1, -0.05) is 53.3 Å². The van der Waals surface area contributed by atoms with Crippen LogP contribution in [0.3, 0.4) is 0 Å². The van der Waals surface area contributed by atoms with E-state index in [2.05, 4.69) is 10.3 Å². The number of nitro groups is 1. The van der Waals surface area contributed by atoms with Crippen LogP contribution in [0.25, 0.3) is 0 Å². The fraction of sp³-hybridized carbons (Fsp3) is 0.211. The molecular weight excluding hydrogens is 450 g/mol. The second-order valence-electron chi connectivity index (χ2n) is 5.98. The van der Waals surface area contributed by atoms with Crippen LogP contribution in [0.1, 0.15) is 15.9 Å². The van der Waals surface area contributed by atoms with Gasteiger partial charge in [0.15, 0.2) is 6.61 Å². The summed E-state index contributed by atoms with van der Waals surface area (Å²) in [6.45, 7) is 0.222. The Morgan fingerprint density at radius 2 is 2.10 bits per heavy atom. The van der Waals surface area contributed by atoms with E-state index in [4.69, 9.17) is 16.3 Å². The van der Waals surface area contributed by atoms with E-state index in [0.717, 1.165) is 28.3 Å². The third kappa shape index (κ3) is 5.97. The van der Waals surface area contributed by atoms with Gasteiger partial charge in [0.1, 0.15) is 10.1 Å². The Labute approximate surface area is 185 Å². The van der Waals surface area contributed by atoms with E-state index in [-0.39, 0.29) is 16.4 Å². The molecule has 0 bridgehead atoms. The topological polar surface area (TPSA) is 111 Å². The zero-order chi connectivity index (χ0) is 21.5. The fourth-order valence-electron chi connectivity index (χ4n) is 2.54. The van der Waals surface area contributed by atoms with Gasteiger partial charge in [-0.15, -0.1) is 0 Å². The van der Waals surface area contributed by atoms with Crippen molar-refractivity contribution in [2.75, 3.05) is 24.2 Å². The molecule has 0 spiro atoms. The number of nitrogens with zero attached hydrogens (tertiary/aromatic N) is 2. The van der Waals surface area contributed by atoms with Crippen LogP contribution >= 0.6 is 35.1 Å². The Kier molecular flexibility index (Phi) is 7.72. The van der Waals surface area contributed by atoms with Crippen molar-refractivity contribution in [1.29, 1.82) is 0 Å². The number of ether oxygens (including phenoxy) is 1. The molecular formula is C19H16ClN3O5S2. The SMILES string of the molecule is O=C(COC(=O)c1ccccc1CSC1=NCCS1)Nc1ccc(Cl)cc1[N+](=O)[O-]. The van der Waals surface area contributed by atoms with Crippen molar-refractivity contribution < 1.29 is 19.2 Å². The number of aliphatic imine (C=N–C) groups is 1. The predicted octanol–water partition coefficient (Wildman–Crippen LogP) is 4.38. The lowest BCUT2D eigenvalue weighted by atomic mass is 10.1. The molecule has 30 heavy (non-hydrogen) atoms. The summed E-state index contributed by atoms with van der Waals surface area (Å²) in [5.74, 6) is 0.179. The molecule has 156 valence electrons. The van der Waals surface area contributed by atoms with Gasteiger partial charge in [-0.25, -0.2) is 4.79 Å². The van der Waals surface area contributed by atoms with Gasteiger partial charge >= 0.3 is 5.97 Å². The molecule has 1 aliphatic heterocycles. The maximum atomic E-state index is 12.5. The van der Waals surface area contributed by atoms with E-state index in [1.165, 1.54) is 12.1 Å². The van der Waals surface area contributed by atoms with Crippen LogP contribution in [0.2, 0.25) is 5.02 Å². The molecule has 0 fully saturated rings. The van der Waals surface area contributed by atoms with Gasteiger partial charge in [0.25, 0.3) is 11.6 Å². The van der Waals surface area contributed by atoms with Crippen molar-refractivity contribution in [2.45, 2.75) is 5.75 Å². The normalized spacial score (nSPS) is 12.9. The summed E-state index contributed by atoms with van der Waals surface area (Å²) in [5, 5.41) is 13.6. The third-order valence-electron chi connectivity index (χ3n) is 3.91. The average molecular weight is 466 g/mol. The highest BCUT2D eigenvalue weighted by molar-refractivity contribution is 8.38. The Balaban J connectivity index is 1.59. The Morgan fingerprint density at radius 3 is 2.83 bits per heavy atom. The molecule has 1 aliphatic rings. The summed E-state index contributed by atoms with van der Waals surface area (Å²) in [6, 6.07) is 10.8. The van der Waals surface area contributed by atoms with E-state index >= 15 is 0 Å². The van der Waals surface area contributed by atoms with E-state index < -0.39 is 23.4 Å². The van der Waals surface area contributed by atoms with Crippen LogP contribution in [-0.2, 0) is 15.3 Å². The number of hydrogen-bond acceptors (Lipinski definition) is 8. The molecule has 2 aromatic carbocycles. The number of hydrogen-bond donors (Lipinski definition) is 1. The zero-order valence-corrected chi connectivity index (χ0v) is 17.9. The predicted molar refractivity (Wildman–Crippen MR) is 120 cm³/mol. The number of amides is 1. The van der Waals surface area contributed by atoms with Crippen LogP contribution in [0.15, 0.2) is 47.5 Å². The molecule has 0 saturated carbocycles. The number of carbonyl (C=O) groups excluding carboxylic acids is 2. The Bertz CT molecular complexity index is 1020. The highest BCUT2D eigenvalue weighted by Crippen LogP contribution is 2.28. The van der Waals surface area contributed by atoms with Gasteiger partial charge in [0, 0.05) is 22.6 Å². The molecule has 1 N–H and O–H groups in total. The van der Waals surface area contributed by atoms with Crippen LogP contribution in [-0.4, -0.2) is 40.1 Å². The van der Waals surface area contributed by atoms with Gasteiger partial charge in [-0.2, -0.15) is 0 Å². The molecule has 8 nitrogen and oxygen atoms in total. The second-order valence-corrected chi connectivity index (χ2v) is 8.73. The van der Waals surface area contributed by atoms with E-state index in [1.807, 2.05) is 12.1 Å². The number of nitro benzene ring substituents is 1. The number of esters is 1. The number of carbonyl (C=O) groups is 2. The molecule has 0 radical (unpaired) electrons. The summed E-state index contributed by atoms with van der Waals surface area (Å²) in [7, 11) is 0. The van der Waals surface area contributed by atoms with Crippen molar-refractivity contribution in [3.05, 3.63) is 68.7 Å². The number of benzene rings is 2. The number of halogens is 1. The minimum atomic E-state index is -0.697. The fourth-order valence-corrected chi connectivity index (χ4v) is 4.72. The van der Waals surface area contributed by atoms with Gasteiger partial charge in [-0.05, 0) is 23.8 Å². The standard InChI is InChI=1S/C19H16ClN3O5S2/c20-13-5-6-15(16(9-13)23(26)27)22-17(24)10-28-18(25)14-4-2-1-3-12(14)11-30-19-21-7-8-29-19/h1-6,9H,7-8,10-11H2,(H,22,24). The van der Waals surface area contributed by atoms with Crippen molar-refractivity contribution in [3.8, 4) is 0 Å². The van der Waals surface area contributed by atoms with E-state index in [9.17, 15) is 19.7 Å². The minimum absolute atomic E-state index is 0.0305. The molecule has 0 unspecified atom stereocenters. The first kappa shape index (κ1) is 22.1. The molecule has 0 saturated heterocycles. The Hall–Kier alpha value is -2.56. The minimum Gasteiger partial charge on any atom is -0.452 e.